The van der Waals surface area contributed by atoms with Crippen LogP contribution in [0.5, 0.6) is 0 Å². The molecular formula is C16H18F3N5. The molecule has 0 saturated heterocycles. The van der Waals surface area contributed by atoms with Crippen molar-refractivity contribution in [1.82, 2.24) is 24.5 Å². The molecule has 0 saturated carbocycles. The van der Waals surface area contributed by atoms with Gasteiger partial charge in [0.15, 0.2) is 5.65 Å². The quantitative estimate of drug-likeness (QED) is 0.721. The van der Waals surface area contributed by atoms with E-state index in [4.69, 9.17) is 0 Å². The first-order valence-corrected chi connectivity index (χ1v) is 7.83. The van der Waals surface area contributed by atoms with Gasteiger partial charge in [0.2, 0.25) is 0 Å². The first kappa shape index (κ1) is 16.5. The van der Waals surface area contributed by atoms with Crippen LogP contribution in [0, 0.1) is 6.92 Å². The summed E-state index contributed by atoms with van der Waals surface area (Å²) in [7, 11) is 0. The summed E-state index contributed by atoms with van der Waals surface area (Å²) in [6.45, 7) is 6.60. The second kappa shape index (κ2) is 5.92. The number of rotatable bonds is 4. The lowest BCUT2D eigenvalue weighted by atomic mass is 10.1. The molecule has 0 bridgehead atoms. The first-order valence-electron chi connectivity index (χ1n) is 7.83. The molecule has 5 nitrogen and oxygen atoms in total. The minimum absolute atomic E-state index is 0.0718. The van der Waals surface area contributed by atoms with Gasteiger partial charge in [-0.2, -0.15) is 23.4 Å². The molecule has 3 aromatic heterocycles. The molecule has 3 heterocycles. The maximum atomic E-state index is 13.6. The highest BCUT2D eigenvalue weighted by molar-refractivity contribution is 5.85. The molecule has 0 fully saturated rings. The minimum Gasteiger partial charge on any atom is -0.272 e. The van der Waals surface area contributed by atoms with Crippen molar-refractivity contribution in [3.63, 3.8) is 0 Å². The van der Waals surface area contributed by atoms with Gasteiger partial charge in [-0.3, -0.25) is 4.68 Å². The molecule has 0 amide bonds. The number of hydrogen-bond donors (Lipinski definition) is 0. The molecule has 0 aromatic carbocycles. The number of aromatic nitrogens is 5. The molecule has 0 atom stereocenters. The topological polar surface area (TPSA) is 48.5 Å². The lowest BCUT2D eigenvalue weighted by Gasteiger charge is -2.11. The number of aryl methyl sites for hydroxylation is 3. The van der Waals surface area contributed by atoms with Crippen molar-refractivity contribution in [3.05, 3.63) is 29.7 Å². The smallest absolute Gasteiger partial charge is 0.272 e. The summed E-state index contributed by atoms with van der Waals surface area (Å²) in [4.78, 5) is 4.45. The Morgan fingerprint density at radius 2 is 1.96 bits per heavy atom. The van der Waals surface area contributed by atoms with Gasteiger partial charge in [-0.25, -0.2) is 9.67 Å². The van der Waals surface area contributed by atoms with Crippen LogP contribution in [0.25, 0.3) is 22.3 Å². The van der Waals surface area contributed by atoms with Crippen molar-refractivity contribution in [1.29, 1.82) is 0 Å². The van der Waals surface area contributed by atoms with E-state index in [9.17, 15) is 13.2 Å². The molecule has 0 aliphatic heterocycles. The van der Waals surface area contributed by atoms with E-state index in [-0.39, 0.29) is 16.7 Å². The molecule has 8 heteroatoms. The SMILES string of the molecule is CCCn1nc(C)c2c(C(F)(F)F)cc(-c3cnn(CC)c3)nc21. The van der Waals surface area contributed by atoms with E-state index in [1.807, 2.05) is 13.8 Å². The fraction of sp³-hybridized carbons (Fsp3) is 0.438. The molecule has 0 aliphatic carbocycles. The largest absolute Gasteiger partial charge is 0.417 e. The Morgan fingerprint density at radius 3 is 2.54 bits per heavy atom. The van der Waals surface area contributed by atoms with E-state index in [0.717, 1.165) is 12.5 Å². The number of halogens is 3. The predicted octanol–water partition coefficient (Wildman–Crippen LogP) is 4.05. The van der Waals surface area contributed by atoms with Gasteiger partial charge >= 0.3 is 6.18 Å². The van der Waals surface area contributed by atoms with E-state index < -0.39 is 11.7 Å². The molecule has 128 valence electrons. The Bertz CT molecular complexity index is 876. The summed E-state index contributed by atoms with van der Waals surface area (Å²) in [5.41, 5.74) is 0.724. The standard InChI is InChI=1S/C16H18F3N5/c1-4-6-24-15-14(10(3)22-24)12(16(17,18)19)7-13(21-15)11-8-20-23(5-2)9-11/h7-9H,4-6H2,1-3H3. The number of nitrogens with zero attached hydrogens (tertiary/aromatic N) is 5. The van der Waals surface area contributed by atoms with Gasteiger partial charge in [-0.15, -0.1) is 0 Å². The van der Waals surface area contributed by atoms with E-state index >= 15 is 0 Å². The Balaban J connectivity index is 2.29. The van der Waals surface area contributed by atoms with E-state index in [1.165, 1.54) is 6.20 Å². The summed E-state index contributed by atoms with van der Waals surface area (Å²) >= 11 is 0. The van der Waals surface area contributed by atoms with Crippen molar-refractivity contribution in [2.75, 3.05) is 0 Å². The highest BCUT2D eigenvalue weighted by atomic mass is 19.4. The van der Waals surface area contributed by atoms with Gasteiger partial charge in [-0.05, 0) is 26.3 Å². The van der Waals surface area contributed by atoms with Crippen LogP contribution < -0.4 is 0 Å². The van der Waals surface area contributed by atoms with Crippen molar-refractivity contribution >= 4 is 11.0 Å². The summed E-state index contributed by atoms with van der Waals surface area (Å²) in [5, 5.41) is 8.43. The van der Waals surface area contributed by atoms with Crippen molar-refractivity contribution in [2.24, 2.45) is 0 Å². The second-order valence-corrected chi connectivity index (χ2v) is 5.64. The Kier molecular flexibility index (Phi) is 4.06. The zero-order valence-electron chi connectivity index (χ0n) is 13.7. The summed E-state index contributed by atoms with van der Waals surface area (Å²) in [6.07, 6.45) is -0.480. The zero-order valence-corrected chi connectivity index (χ0v) is 13.7. The Labute approximate surface area is 137 Å². The molecule has 0 unspecified atom stereocenters. The third-order valence-corrected chi connectivity index (χ3v) is 3.87. The normalized spacial score (nSPS) is 12.2. The number of alkyl halides is 3. The molecule has 3 aromatic rings. The van der Waals surface area contributed by atoms with Crippen LogP contribution >= 0.6 is 0 Å². The fourth-order valence-electron chi connectivity index (χ4n) is 2.76. The van der Waals surface area contributed by atoms with E-state index in [0.29, 0.717) is 24.3 Å². The van der Waals surface area contributed by atoms with Crippen molar-refractivity contribution in [2.45, 2.75) is 46.5 Å². The second-order valence-electron chi connectivity index (χ2n) is 5.64. The van der Waals surface area contributed by atoms with E-state index in [1.54, 1.807) is 22.5 Å². The summed E-state index contributed by atoms with van der Waals surface area (Å²) < 4.78 is 43.9. The molecule has 0 radical (unpaired) electrons. The highest BCUT2D eigenvalue weighted by Gasteiger charge is 2.35. The van der Waals surface area contributed by atoms with Crippen LogP contribution in [0.3, 0.4) is 0 Å². The van der Waals surface area contributed by atoms with E-state index in [2.05, 4.69) is 15.2 Å². The Hall–Kier alpha value is -2.38. The maximum Gasteiger partial charge on any atom is 0.417 e. The Morgan fingerprint density at radius 1 is 1.21 bits per heavy atom. The van der Waals surface area contributed by atoms with Crippen LogP contribution in [-0.4, -0.2) is 24.5 Å². The van der Waals surface area contributed by atoms with Gasteiger partial charge in [0, 0.05) is 24.8 Å². The number of pyridine rings is 1. The van der Waals surface area contributed by atoms with Crippen LogP contribution in [-0.2, 0) is 19.3 Å². The lowest BCUT2D eigenvalue weighted by molar-refractivity contribution is -0.136. The summed E-state index contributed by atoms with van der Waals surface area (Å²) in [5.74, 6) is 0. The maximum absolute atomic E-state index is 13.6. The monoisotopic (exact) mass is 337 g/mol. The highest BCUT2D eigenvalue weighted by Crippen LogP contribution is 2.38. The third kappa shape index (κ3) is 2.76. The molecule has 24 heavy (non-hydrogen) atoms. The average molecular weight is 337 g/mol. The van der Waals surface area contributed by atoms with Gasteiger partial charge < -0.3 is 0 Å². The van der Waals surface area contributed by atoms with Crippen LogP contribution in [0.15, 0.2) is 18.5 Å². The summed E-state index contributed by atoms with van der Waals surface area (Å²) in [6, 6.07) is 1.09. The lowest BCUT2D eigenvalue weighted by Crippen LogP contribution is -2.08. The molecule has 0 aliphatic rings. The molecular weight excluding hydrogens is 319 g/mol. The predicted molar refractivity (Wildman–Crippen MR) is 84.5 cm³/mol. The van der Waals surface area contributed by atoms with Crippen LogP contribution in [0.2, 0.25) is 0 Å². The number of fused-ring (bicyclic) bond motifs is 1. The molecule has 0 spiro atoms. The first-order chi connectivity index (χ1) is 11.3. The zero-order chi connectivity index (χ0) is 17.5. The van der Waals surface area contributed by atoms with Gasteiger partial charge in [0.1, 0.15) is 0 Å². The number of hydrogen-bond acceptors (Lipinski definition) is 3. The fourth-order valence-corrected chi connectivity index (χ4v) is 2.76. The van der Waals surface area contributed by atoms with Crippen molar-refractivity contribution in [3.8, 4) is 11.3 Å². The molecule has 3 rings (SSSR count). The average Bonchev–Trinajstić information content (AvgIpc) is 3.12. The van der Waals surface area contributed by atoms with Gasteiger partial charge in [0.25, 0.3) is 0 Å². The molecule has 0 N–H and O–H groups in total. The van der Waals surface area contributed by atoms with Crippen LogP contribution in [0.4, 0.5) is 13.2 Å². The van der Waals surface area contributed by atoms with Crippen molar-refractivity contribution < 1.29 is 13.2 Å². The van der Waals surface area contributed by atoms with Crippen LogP contribution in [0.1, 0.15) is 31.5 Å². The third-order valence-electron chi connectivity index (χ3n) is 3.87. The van der Waals surface area contributed by atoms with Gasteiger partial charge in [-0.1, -0.05) is 6.92 Å². The minimum atomic E-state index is -4.47. The van der Waals surface area contributed by atoms with Gasteiger partial charge in [0.05, 0.1) is 28.5 Å².